The molecule has 3 amide bonds. The van der Waals surface area contributed by atoms with Crippen molar-refractivity contribution in [3.8, 4) is 0 Å². The van der Waals surface area contributed by atoms with Gasteiger partial charge in [-0.2, -0.15) is 0 Å². The van der Waals surface area contributed by atoms with Crippen LogP contribution in [0, 0.1) is 12.3 Å². The van der Waals surface area contributed by atoms with Crippen LogP contribution < -0.4 is 10.6 Å². The molecule has 0 bridgehead atoms. The molecule has 1 aromatic carbocycles. The Morgan fingerprint density at radius 1 is 1.08 bits per heavy atom. The zero-order valence-corrected chi connectivity index (χ0v) is 17.0. The maximum atomic E-state index is 12.8. The predicted octanol–water partition coefficient (Wildman–Crippen LogP) is 4.57. The molecule has 0 saturated carbocycles. The van der Waals surface area contributed by atoms with E-state index in [9.17, 15) is 9.59 Å². The zero-order valence-electron chi connectivity index (χ0n) is 17.0. The van der Waals surface area contributed by atoms with Gasteiger partial charge in [-0.1, -0.05) is 32.9 Å². The van der Waals surface area contributed by atoms with Gasteiger partial charge in [-0.15, -0.1) is 0 Å². The Kier molecular flexibility index (Phi) is 5.99. The molecule has 0 unspecified atom stereocenters. The molecule has 1 fully saturated rings. The van der Waals surface area contributed by atoms with E-state index in [1.165, 1.54) is 0 Å². The second-order valence-electron chi connectivity index (χ2n) is 9.20. The highest BCUT2D eigenvalue weighted by Gasteiger charge is 2.28. The van der Waals surface area contributed by atoms with E-state index < -0.39 is 0 Å². The number of benzene rings is 1. The minimum atomic E-state index is -0.343. The van der Waals surface area contributed by atoms with Crippen LogP contribution in [0.15, 0.2) is 18.2 Å². The average Bonchev–Trinajstić information content (AvgIpc) is 2.99. The van der Waals surface area contributed by atoms with Gasteiger partial charge in [0.1, 0.15) is 0 Å². The number of urea groups is 1. The fraction of sp³-hybridized carbons (Fsp3) is 0.619. The summed E-state index contributed by atoms with van der Waals surface area (Å²) in [6, 6.07) is 5.30. The molecule has 1 heterocycles. The van der Waals surface area contributed by atoms with Crippen molar-refractivity contribution in [1.82, 2.24) is 10.2 Å². The fourth-order valence-electron chi connectivity index (χ4n) is 3.92. The molecule has 0 atom stereocenters. The van der Waals surface area contributed by atoms with Gasteiger partial charge in [0.25, 0.3) is 5.91 Å². The van der Waals surface area contributed by atoms with Crippen LogP contribution in [-0.2, 0) is 0 Å². The molecule has 5 heteroatoms. The summed E-state index contributed by atoms with van der Waals surface area (Å²) in [7, 11) is 0. The van der Waals surface area contributed by atoms with Gasteiger partial charge in [-0.05, 0) is 57.1 Å². The van der Waals surface area contributed by atoms with Gasteiger partial charge in [-0.25, -0.2) is 4.79 Å². The van der Waals surface area contributed by atoms with Crippen molar-refractivity contribution in [3.63, 3.8) is 0 Å². The molecule has 2 rings (SSSR count). The third-order valence-corrected chi connectivity index (χ3v) is 4.56. The zero-order chi connectivity index (χ0) is 19.5. The Morgan fingerprint density at radius 2 is 1.69 bits per heavy atom. The van der Waals surface area contributed by atoms with Crippen LogP contribution in [0.5, 0.6) is 0 Å². The minimum absolute atomic E-state index is 0.00421. The van der Waals surface area contributed by atoms with Gasteiger partial charge in [-0.3, -0.25) is 4.79 Å². The summed E-state index contributed by atoms with van der Waals surface area (Å²) in [5.74, 6) is -0.00421. The van der Waals surface area contributed by atoms with Crippen molar-refractivity contribution in [2.24, 2.45) is 5.41 Å². The molecule has 0 aromatic heterocycles. The van der Waals surface area contributed by atoms with Crippen molar-refractivity contribution in [1.29, 1.82) is 0 Å². The number of para-hydroxylation sites is 1. The first kappa shape index (κ1) is 20.3. The second kappa shape index (κ2) is 7.68. The van der Waals surface area contributed by atoms with Crippen LogP contribution in [0.4, 0.5) is 10.5 Å². The predicted molar refractivity (Wildman–Crippen MR) is 107 cm³/mol. The molecule has 1 aliphatic rings. The van der Waals surface area contributed by atoms with Crippen molar-refractivity contribution < 1.29 is 9.59 Å². The Labute approximate surface area is 157 Å². The molecule has 5 nitrogen and oxygen atoms in total. The first-order valence-electron chi connectivity index (χ1n) is 9.47. The fourth-order valence-corrected chi connectivity index (χ4v) is 3.92. The van der Waals surface area contributed by atoms with Gasteiger partial charge in [0.2, 0.25) is 0 Å². The third-order valence-electron chi connectivity index (χ3n) is 4.56. The van der Waals surface area contributed by atoms with E-state index in [0.717, 1.165) is 37.9 Å². The molecule has 0 aliphatic carbocycles. The summed E-state index contributed by atoms with van der Waals surface area (Å²) in [6.45, 7) is 14.0. The molecule has 1 saturated heterocycles. The molecule has 1 aliphatic heterocycles. The Morgan fingerprint density at radius 3 is 2.27 bits per heavy atom. The Bertz CT molecular complexity index is 668. The lowest BCUT2D eigenvalue weighted by Gasteiger charge is -2.33. The normalized spacial score (nSPS) is 15.1. The van der Waals surface area contributed by atoms with E-state index in [4.69, 9.17) is 0 Å². The van der Waals surface area contributed by atoms with Crippen LogP contribution in [-0.4, -0.2) is 35.5 Å². The summed E-state index contributed by atoms with van der Waals surface area (Å²) in [5, 5.41) is 5.98. The van der Waals surface area contributed by atoms with E-state index >= 15 is 0 Å². The second-order valence-corrected chi connectivity index (χ2v) is 9.20. The lowest BCUT2D eigenvalue weighted by Crippen LogP contribution is -2.47. The smallest absolute Gasteiger partial charge is 0.319 e. The number of hydrogen-bond donors (Lipinski definition) is 2. The van der Waals surface area contributed by atoms with Crippen LogP contribution >= 0.6 is 0 Å². The topological polar surface area (TPSA) is 61.4 Å². The Hall–Kier alpha value is -2.04. The van der Waals surface area contributed by atoms with Gasteiger partial charge in [0.15, 0.2) is 0 Å². The number of likely N-dealkylation sites (tertiary alicyclic amines) is 1. The van der Waals surface area contributed by atoms with Gasteiger partial charge < -0.3 is 15.5 Å². The number of carbonyl (C=O) groups is 2. The van der Waals surface area contributed by atoms with E-state index in [1.54, 1.807) is 6.07 Å². The van der Waals surface area contributed by atoms with Gasteiger partial charge in [0.05, 0.1) is 11.3 Å². The van der Waals surface area contributed by atoms with E-state index in [1.807, 2.05) is 37.8 Å². The number of hydrogen-bond acceptors (Lipinski definition) is 2. The van der Waals surface area contributed by atoms with E-state index in [2.05, 4.69) is 31.4 Å². The summed E-state index contributed by atoms with van der Waals surface area (Å²) in [4.78, 5) is 27.3. The third kappa shape index (κ3) is 5.48. The lowest BCUT2D eigenvalue weighted by atomic mass is 9.82. The average molecular weight is 360 g/mol. The number of amides is 3. The molecular formula is C21H33N3O2. The quantitative estimate of drug-likeness (QED) is 0.827. The number of rotatable bonds is 4. The lowest BCUT2D eigenvalue weighted by molar-refractivity contribution is 0.0793. The molecule has 0 radical (unpaired) electrons. The van der Waals surface area contributed by atoms with Gasteiger partial charge >= 0.3 is 6.03 Å². The number of anilines is 1. The van der Waals surface area contributed by atoms with Gasteiger partial charge in [0, 0.05) is 18.6 Å². The number of carbonyl (C=O) groups excluding carboxylic acids is 2. The van der Waals surface area contributed by atoms with Crippen LogP contribution in [0.1, 0.15) is 69.8 Å². The molecule has 0 spiro atoms. The molecule has 26 heavy (non-hydrogen) atoms. The molecular weight excluding hydrogens is 326 g/mol. The van der Waals surface area contributed by atoms with E-state index in [0.29, 0.717) is 11.3 Å². The number of nitrogens with zero attached hydrogens (tertiary/aromatic N) is 1. The standard InChI is InChI=1S/C21H33N3O2/c1-15-10-9-11-16(18(25)24-12-7-8-13-24)17(15)22-19(26)23-21(5,6)14-20(2,3)4/h9-11H,7-8,12-14H2,1-6H3,(H2,22,23,26). The summed E-state index contributed by atoms with van der Waals surface area (Å²) in [6.07, 6.45) is 2.93. The highest BCUT2D eigenvalue weighted by atomic mass is 16.2. The SMILES string of the molecule is Cc1cccc(C(=O)N2CCCC2)c1NC(=O)NC(C)(C)CC(C)(C)C. The monoisotopic (exact) mass is 359 g/mol. The number of aryl methyl sites for hydroxylation is 1. The van der Waals surface area contributed by atoms with Crippen LogP contribution in [0.2, 0.25) is 0 Å². The van der Waals surface area contributed by atoms with Crippen molar-refractivity contribution in [2.75, 3.05) is 18.4 Å². The van der Waals surface area contributed by atoms with Crippen molar-refractivity contribution in [2.45, 2.75) is 66.3 Å². The first-order valence-corrected chi connectivity index (χ1v) is 9.47. The molecule has 1 aromatic rings. The highest BCUT2D eigenvalue weighted by molar-refractivity contribution is 6.04. The first-order chi connectivity index (χ1) is 12.0. The maximum Gasteiger partial charge on any atom is 0.319 e. The summed E-state index contributed by atoms with van der Waals surface area (Å²) < 4.78 is 0. The van der Waals surface area contributed by atoms with Crippen LogP contribution in [0.25, 0.3) is 0 Å². The molecule has 144 valence electrons. The van der Waals surface area contributed by atoms with Crippen LogP contribution in [0.3, 0.4) is 0 Å². The number of nitrogens with one attached hydrogen (secondary N) is 2. The maximum absolute atomic E-state index is 12.8. The molecule has 2 N–H and O–H groups in total. The van der Waals surface area contributed by atoms with Crippen molar-refractivity contribution >= 4 is 17.6 Å². The highest BCUT2D eigenvalue weighted by Crippen LogP contribution is 2.28. The van der Waals surface area contributed by atoms with E-state index in [-0.39, 0.29) is 22.9 Å². The summed E-state index contributed by atoms with van der Waals surface area (Å²) >= 11 is 0. The summed E-state index contributed by atoms with van der Waals surface area (Å²) in [5.41, 5.74) is 1.82. The largest absolute Gasteiger partial charge is 0.339 e. The minimum Gasteiger partial charge on any atom is -0.339 e. The van der Waals surface area contributed by atoms with Crippen molar-refractivity contribution in [3.05, 3.63) is 29.3 Å². The Balaban J connectivity index is 2.15.